The summed E-state index contributed by atoms with van der Waals surface area (Å²) in [7, 11) is 23.9. The molecule has 0 aliphatic rings. The number of benzene rings is 1. The summed E-state index contributed by atoms with van der Waals surface area (Å²) in [5, 5.41) is 0. The van der Waals surface area contributed by atoms with E-state index in [9.17, 15) is 4.79 Å². The maximum absolute atomic E-state index is 11.4. The predicted octanol–water partition coefficient (Wildman–Crippen LogP) is 4.07. The summed E-state index contributed by atoms with van der Waals surface area (Å²) in [5.74, 6) is -0.481. The van der Waals surface area contributed by atoms with E-state index < -0.39 is 17.0 Å². The molecule has 1 aromatic carbocycles. The van der Waals surface area contributed by atoms with Crippen LogP contribution < -0.4 is 3.39 Å². The van der Waals surface area contributed by atoms with Gasteiger partial charge in [-0.3, -0.25) is 0 Å². The second-order valence-electron chi connectivity index (χ2n) is 2.67. The number of rotatable bonds is 3. The fraction of sp³-hybridized carbons (Fsp3) is 0.125. The third-order valence-electron chi connectivity index (χ3n) is 1.51. The Morgan fingerprint density at radius 3 is 2.25 bits per heavy atom. The fourth-order valence-corrected chi connectivity index (χ4v) is 4.67. The van der Waals surface area contributed by atoms with Crippen molar-refractivity contribution >= 4 is 43.6 Å². The molecule has 0 aliphatic carbocycles. The maximum atomic E-state index is 11.4. The standard InChI is InChI=1S/C8H8O3.4ClH.W/c1-11-8(10)6-4-2-3-5-7(6)9;;;;;/h2-5,9H,1H3;4*1H;/q;;;;;+5/p-5. The number of ether oxygens (including phenoxy) is 1. The number of carbonyl (C=O) groups excluding carboxylic acids is 1. The number of esters is 1. The van der Waals surface area contributed by atoms with Crippen molar-refractivity contribution in [2.75, 3.05) is 7.11 Å². The van der Waals surface area contributed by atoms with E-state index in [1.165, 1.54) is 19.2 Å². The van der Waals surface area contributed by atoms with Crippen LogP contribution in [0.5, 0.6) is 5.75 Å². The third-order valence-corrected chi connectivity index (χ3v) is 5.12. The molecule has 0 N–H and O–H groups in total. The van der Waals surface area contributed by atoms with Gasteiger partial charge in [-0.15, -0.1) is 0 Å². The second kappa shape index (κ2) is 4.91. The van der Waals surface area contributed by atoms with Gasteiger partial charge in [-0.05, 0) is 0 Å². The Morgan fingerprint density at radius 2 is 1.75 bits per heavy atom. The van der Waals surface area contributed by atoms with Crippen molar-refractivity contribution in [1.82, 2.24) is 0 Å². The topological polar surface area (TPSA) is 35.5 Å². The van der Waals surface area contributed by atoms with E-state index in [1.54, 1.807) is 12.1 Å². The molecule has 0 aromatic heterocycles. The first kappa shape index (κ1) is 14.4. The van der Waals surface area contributed by atoms with Crippen LogP contribution >= 0.6 is 37.7 Å². The van der Waals surface area contributed by atoms with Gasteiger partial charge in [-0.1, -0.05) is 0 Å². The Hall–Kier alpha value is 0.338. The minimum atomic E-state index is -5.11. The molecule has 0 saturated carbocycles. The van der Waals surface area contributed by atoms with Gasteiger partial charge in [-0.2, -0.15) is 0 Å². The SMILES string of the molecule is COC(=O)c1ccccc1[O][W]([Cl])([Cl])([Cl])[Cl]. The van der Waals surface area contributed by atoms with E-state index in [-0.39, 0.29) is 11.3 Å². The van der Waals surface area contributed by atoms with Crippen molar-refractivity contribution in [1.29, 1.82) is 0 Å². The molecule has 0 unspecified atom stereocenters. The number of halogens is 4. The van der Waals surface area contributed by atoms with Crippen LogP contribution in [-0.2, 0) is 15.8 Å². The van der Waals surface area contributed by atoms with E-state index in [4.69, 9.17) is 41.1 Å². The second-order valence-corrected chi connectivity index (χ2v) is 34.6. The molecular weight excluding hydrogens is 470 g/mol. The van der Waals surface area contributed by atoms with Gasteiger partial charge >= 0.3 is 110 Å². The van der Waals surface area contributed by atoms with Crippen LogP contribution in [0.4, 0.5) is 0 Å². The summed E-state index contributed by atoms with van der Waals surface area (Å²) in [6, 6.07) is 6.23. The fourth-order valence-electron chi connectivity index (χ4n) is 0.954. The van der Waals surface area contributed by atoms with Gasteiger partial charge in [0.25, 0.3) is 0 Å². The molecule has 16 heavy (non-hydrogen) atoms. The molecule has 0 atom stereocenters. The Labute approximate surface area is 110 Å². The van der Waals surface area contributed by atoms with Crippen molar-refractivity contribution in [2.45, 2.75) is 0 Å². The van der Waals surface area contributed by atoms with Crippen LogP contribution in [0.25, 0.3) is 0 Å². The average Bonchev–Trinajstić information content (AvgIpc) is 2.14. The first-order valence-corrected chi connectivity index (χ1v) is 19.6. The normalized spacial score (nSPS) is 13.7. The Balaban J connectivity index is 3.10. The van der Waals surface area contributed by atoms with Crippen molar-refractivity contribution < 1.29 is 23.9 Å². The minimum absolute atomic E-state index is 0.106. The van der Waals surface area contributed by atoms with Crippen molar-refractivity contribution in [3.8, 4) is 5.75 Å². The third kappa shape index (κ3) is 4.68. The van der Waals surface area contributed by atoms with E-state index in [0.717, 1.165) is 0 Å². The molecule has 1 aromatic rings. The summed E-state index contributed by atoms with van der Waals surface area (Å²) in [4.78, 5) is 11.4. The zero-order valence-electron chi connectivity index (χ0n) is 7.95. The molecular formula is C8H7Cl4O3W. The van der Waals surface area contributed by atoms with Crippen LogP contribution in [0.15, 0.2) is 24.3 Å². The molecule has 1 rings (SSSR count). The van der Waals surface area contributed by atoms with Gasteiger partial charge in [0.1, 0.15) is 0 Å². The monoisotopic (exact) mass is 475 g/mol. The summed E-state index contributed by atoms with van der Waals surface area (Å²) in [5.41, 5.74) is 0.160. The average molecular weight is 477 g/mol. The molecule has 0 aliphatic heterocycles. The summed E-state index contributed by atoms with van der Waals surface area (Å²) in [6.07, 6.45) is 0. The van der Waals surface area contributed by atoms with E-state index in [0.29, 0.717) is 0 Å². The molecule has 0 bridgehead atoms. The van der Waals surface area contributed by atoms with Gasteiger partial charge in [0, 0.05) is 0 Å². The summed E-state index contributed by atoms with van der Waals surface area (Å²) >= 11 is -5.11. The zero-order valence-corrected chi connectivity index (χ0v) is 13.9. The Kier molecular flexibility index (Phi) is 4.42. The molecule has 0 saturated heterocycles. The van der Waals surface area contributed by atoms with Crippen LogP contribution in [0.1, 0.15) is 10.4 Å². The number of hydrogen-bond donors (Lipinski definition) is 0. The van der Waals surface area contributed by atoms with Gasteiger partial charge in [0.15, 0.2) is 0 Å². The van der Waals surface area contributed by atoms with Gasteiger partial charge < -0.3 is 0 Å². The number of methoxy groups -OCH3 is 1. The zero-order chi connectivity index (χ0) is 12.4. The van der Waals surface area contributed by atoms with Gasteiger partial charge in [0.2, 0.25) is 0 Å². The number of carbonyl (C=O) groups is 1. The quantitative estimate of drug-likeness (QED) is 0.617. The molecule has 0 spiro atoms. The molecule has 91 valence electrons. The molecule has 0 fully saturated rings. The number of para-hydroxylation sites is 1. The van der Waals surface area contributed by atoms with Gasteiger partial charge in [-0.25, -0.2) is 0 Å². The summed E-state index contributed by atoms with van der Waals surface area (Å²) in [6.45, 7) is 0. The van der Waals surface area contributed by atoms with Crippen LogP contribution in [0, 0.1) is 0 Å². The molecule has 3 nitrogen and oxygen atoms in total. The Bertz CT molecular complexity index is 406. The first-order valence-electron chi connectivity index (χ1n) is 3.88. The summed E-state index contributed by atoms with van der Waals surface area (Å²) < 4.78 is 9.67. The first-order chi connectivity index (χ1) is 7.19. The van der Waals surface area contributed by atoms with Crippen LogP contribution in [-0.4, -0.2) is 13.1 Å². The molecule has 0 amide bonds. The predicted molar refractivity (Wildman–Crippen MR) is 61.8 cm³/mol. The Morgan fingerprint density at radius 1 is 1.19 bits per heavy atom. The van der Waals surface area contributed by atoms with Crippen molar-refractivity contribution in [2.24, 2.45) is 0 Å². The van der Waals surface area contributed by atoms with Crippen LogP contribution in [0.2, 0.25) is 0 Å². The van der Waals surface area contributed by atoms with Crippen molar-refractivity contribution in [3.63, 3.8) is 0 Å². The molecule has 0 heterocycles. The van der Waals surface area contributed by atoms with Gasteiger partial charge in [0.05, 0.1) is 0 Å². The van der Waals surface area contributed by atoms with E-state index in [1.807, 2.05) is 0 Å². The molecule has 8 heteroatoms. The van der Waals surface area contributed by atoms with Crippen molar-refractivity contribution in [3.05, 3.63) is 29.8 Å². The van der Waals surface area contributed by atoms with Crippen LogP contribution in [0.3, 0.4) is 0 Å². The molecule has 0 radical (unpaired) electrons. The van der Waals surface area contributed by atoms with E-state index >= 15 is 0 Å². The van der Waals surface area contributed by atoms with E-state index in [2.05, 4.69) is 4.74 Å². The number of hydrogen-bond acceptors (Lipinski definition) is 3.